The number of ether oxygens (including phenoxy) is 2. The van der Waals surface area contributed by atoms with E-state index in [0.29, 0.717) is 30.3 Å². The highest BCUT2D eigenvalue weighted by Crippen LogP contribution is 2.59. The Morgan fingerprint density at radius 1 is 0.880 bits per heavy atom. The number of benzene rings is 2. The van der Waals surface area contributed by atoms with E-state index in [9.17, 15) is 4.79 Å². The first-order chi connectivity index (χ1) is 12.2. The van der Waals surface area contributed by atoms with Crippen LogP contribution in [-0.2, 0) is 9.05 Å². The van der Waals surface area contributed by atoms with Crippen molar-refractivity contribution in [2.75, 3.05) is 27.4 Å². The Kier molecular flexibility index (Phi) is 6.94. The smallest absolute Gasteiger partial charge is 0.339 e. The molecule has 0 spiro atoms. The van der Waals surface area contributed by atoms with Gasteiger partial charge >= 0.3 is 7.72 Å². The molecule has 2 aromatic rings. The van der Waals surface area contributed by atoms with Crippen molar-refractivity contribution < 1.29 is 23.3 Å². The van der Waals surface area contributed by atoms with Crippen molar-refractivity contribution in [3.8, 4) is 11.5 Å². The van der Waals surface area contributed by atoms with Crippen molar-refractivity contribution in [3.05, 3.63) is 48.0 Å². The highest BCUT2D eigenvalue weighted by molar-refractivity contribution is 7.81. The average molecular weight is 363 g/mol. The lowest BCUT2D eigenvalue weighted by Gasteiger charge is -2.24. The Balaban J connectivity index is 2.75. The van der Waals surface area contributed by atoms with Crippen LogP contribution in [0.3, 0.4) is 0 Å². The zero-order chi connectivity index (χ0) is 18.3. The Bertz CT molecular complexity index is 671. The van der Waals surface area contributed by atoms with E-state index in [4.69, 9.17) is 18.5 Å². The summed E-state index contributed by atoms with van der Waals surface area (Å²) in [6.07, 6.45) is 0.728. The number of rotatable bonds is 9. The molecule has 5 nitrogen and oxygen atoms in total. The van der Waals surface area contributed by atoms with E-state index in [0.717, 1.165) is 16.9 Å². The van der Waals surface area contributed by atoms with Gasteiger partial charge in [0.05, 0.1) is 33.0 Å². The van der Waals surface area contributed by atoms with Gasteiger partial charge in [-0.05, 0) is 26.0 Å². The van der Waals surface area contributed by atoms with Crippen molar-refractivity contribution in [2.24, 2.45) is 0 Å². The third-order valence-electron chi connectivity index (χ3n) is 3.70. The van der Waals surface area contributed by atoms with Crippen molar-refractivity contribution >= 4 is 24.6 Å². The molecule has 0 aliphatic heterocycles. The van der Waals surface area contributed by atoms with Gasteiger partial charge in [-0.15, -0.1) is 0 Å². The van der Waals surface area contributed by atoms with Crippen LogP contribution in [0, 0.1) is 0 Å². The van der Waals surface area contributed by atoms with Crippen LogP contribution >= 0.6 is 7.72 Å². The van der Waals surface area contributed by atoms with E-state index in [2.05, 4.69) is 0 Å². The Hall–Kier alpha value is -1.94. The zero-order valence-corrected chi connectivity index (χ0v) is 15.9. The quantitative estimate of drug-likeness (QED) is 0.505. The number of carbonyl (C=O) groups is 1. The fraction of sp³-hybridized carbons (Fsp3) is 0.316. The molecule has 0 saturated carbocycles. The van der Waals surface area contributed by atoms with Crippen LogP contribution in [0.25, 0.3) is 0 Å². The Morgan fingerprint density at radius 3 is 1.80 bits per heavy atom. The molecule has 134 valence electrons. The molecule has 0 heterocycles. The Morgan fingerprint density at radius 2 is 1.40 bits per heavy atom. The predicted octanol–water partition coefficient (Wildman–Crippen LogP) is 3.39. The van der Waals surface area contributed by atoms with Crippen LogP contribution in [0.1, 0.15) is 24.2 Å². The number of aldehydes is 1. The van der Waals surface area contributed by atoms with Gasteiger partial charge < -0.3 is 9.47 Å². The third-order valence-corrected chi connectivity index (χ3v) is 6.86. The number of methoxy groups -OCH3 is 2. The normalized spacial score (nSPS) is 11.2. The molecule has 0 atom stereocenters. The van der Waals surface area contributed by atoms with Crippen LogP contribution < -0.4 is 20.1 Å². The second-order valence-corrected chi connectivity index (χ2v) is 7.76. The first-order valence-corrected chi connectivity index (χ1v) is 9.74. The molecule has 2 aromatic carbocycles. The van der Waals surface area contributed by atoms with E-state index in [-0.39, 0.29) is 0 Å². The van der Waals surface area contributed by atoms with Crippen molar-refractivity contribution in [2.45, 2.75) is 13.8 Å². The van der Waals surface area contributed by atoms with E-state index < -0.39 is 7.72 Å². The summed E-state index contributed by atoms with van der Waals surface area (Å²) in [6, 6.07) is 13.5. The Labute approximate surface area is 149 Å². The summed E-state index contributed by atoms with van der Waals surface area (Å²) < 4.78 is 23.2. The van der Waals surface area contributed by atoms with Gasteiger partial charge in [0.25, 0.3) is 0 Å². The van der Waals surface area contributed by atoms with Crippen LogP contribution in [-0.4, -0.2) is 33.7 Å². The minimum Gasteiger partial charge on any atom is -0.496 e. The average Bonchev–Trinajstić information content (AvgIpc) is 2.67. The molecule has 0 unspecified atom stereocenters. The summed E-state index contributed by atoms with van der Waals surface area (Å²) in [7, 11) is 0.459. The molecule has 6 heteroatoms. The molecule has 0 fully saturated rings. The van der Waals surface area contributed by atoms with Gasteiger partial charge in [0.1, 0.15) is 11.5 Å². The summed E-state index contributed by atoms with van der Waals surface area (Å²) in [5.41, 5.74) is 0.368. The molecular weight excluding hydrogens is 339 g/mol. The third kappa shape index (κ3) is 3.84. The van der Waals surface area contributed by atoms with Crippen molar-refractivity contribution in [3.63, 3.8) is 0 Å². The minimum absolute atomic E-state index is 0.368. The summed E-state index contributed by atoms with van der Waals surface area (Å²) in [4.78, 5) is 11.4. The van der Waals surface area contributed by atoms with Gasteiger partial charge in [0.2, 0.25) is 0 Å². The number of hydrogen-bond donors (Lipinski definition) is 0. The molecule has 0 aliphatic rings. The lowest BCUT2D eigenvalue weighted by molar-refractivity contribution is 0.111. The molecule has 0 amide bonds. The fourth-order valence-corrected chi connectivity index (χ4v) is 5.52. The molecule has 0 N–H and O–H groups in total. The van der Waals surface area contributed by atoms with Gasteiger partial charge in [0, 0.05) is 12.1 Å². The largest absolute Gasteiger partial charge is 0.496 e. The second kappa shape index (κ2) is 8.95. The minimum atomic E-state index is -2.59. The van der Waals surface area contributed by atoms with Gasteiger partial charge in [-0.25, -0.2) is 0 Å². The van der Waals surface area contributed by atoms with Crippen LogP contribution in [0.2, 0.25) is 0 Å². The SMILES string of the molecule is CCO[P+](OCC)(c1ccccc1)c1cc(OC)c(C=O)c(OC)c1. The molecule has 2 rings (SSSR count). The van der Waals surface area contributed by atoms with Crippen LogP contribution in [0.4, 0.5) is 0 Å². The van der Waals surface area contributed by atoms with E-state index >= 15 is 0 Å². The van der Waals surface area contributed by atoms with Crippen LogP contribution in [0.15, 0.2) is 42.5 Å². The zero-order valence-electron chi connectivity index (χ0n) is 15.0. The maximum atomic E-state index is 11.4. The monoisotopic (exact) mass is 363 g/mol. The molecular formula is C19H24O5P+. The first kappa shape index (κ1) is 19.4. The maximum Gasteiger partial charge on any atom is 0.339 e. The second-order valence-electron chi connectivity index (χ2n) is 5.10. The number of hydrogen-bond acceptors (Lipinski definition) is 5. The summed E-state index contributed by atoms with van der Waals surface area (Å²) in [5.74, 6) is 0.869. The molecule has 0 aromatic heterocycles. The lowest BCUT2D eigenvalue weighted by Crippen LogP contribution is -2.27. The van der Waals surface area contributed by atoms with E-state index in [1.807, 2.05) is 44.2 Å². The molecule has 0 radical (unpaired) electrons. The highest BCUT2D eigenvalue weighted by Gasteiger charge is 2.48. The van der Waals surface area contributed by atoms with Gasteiger partial charge in [0.15, 0.2) is 16.9 Å². The molecule has 0 aliphatic carbocycles. The van der Waals surface area contributed by atoms with E-state index in [1.165, 1.54) is 14.2 Å². The molecule has 0 bridgehead atoms. The summed E-state index contributed by atoms with van der Waals surface area (Å²) >= 11 is 0. The number of carbonyl (C=O) groups excluding carboxylic acids is 1. The van der Waals surface area contributed by atoms with Crippen LogP contribution in [0.5, 0.6) is 11.5 Å². The fourth-order valence-electron chi connectivity index (χ4n) is 2.68. The standard InChI is InChI=1S/C19H24O5P/c1-5-23-25(24-6-2,15-10-8-7-9-11-15)16-12-18(21-3)17(14-20)19(13-16)22-4/h7-14H,5-6H2,1-4H3/q+1. The van der Waals surface area contributed by atoms with Crippen molar-refractivity contribution in [1.82, 2.24) is 0 Å². The van der Waals surface area contributed by atoms with Gasteiger partial charge in [-0.2, -0.15) is 9.05 Å². The highest BCUT2D eigenvalue weighted by atomic mass is 31.2. The lowest BCUT2D eigenvalue weighted by atomic mass is 10.2. The van der Waals surface area contributed by atoms with E-state index in [1.54, 1.807) is 12.1 Å². The molecule has 25 heavy (non-hydrogen) atoms. The summed E-state index contributed by atoms with van der Waals surface area (Å²) in [5, 5.41) is 1.77. The topological polar surface area (TPSA) is 54.0 Å². The summed E-state index contributed by atoms with van der Waals surface area (Å²) in [6.45, 7) is 4.85. The van der Waals surface area contributed by atoms with Gasteiger partial charge in [-0.3, -0.25) is 4.79 Å². The predicted molar refractivity (Wildman–Crippen MR) is 101 cm³/mol. The van der Waals surface area contributed by atoms with Gasteiger partial charge in [-0.1, -0.05) is 18.2 Å². The first-order valence-electron chi connectivity index (χ1n) is 8.12. The maximum absolute atomic E-state index is 11.4. The van der Waals surface area contributed by atoms with Crippen molar-refractivity contribution in [1.29, 1.82) is 0 Å². The molecule has 0 saturated heterocycles.